The number of halogens is 4. The maximum atomic E-state index is 15.8. The fraction of sp³-hybridized carbons (Fsp3) is 0.219. The molecule has 0 spiro atoms. The lowest BCUT2D eigenvalue weighted by Crippen LogP contribution is -2.31. The average Bonchev–Trinajstić information content (AvgIpc) is 3.16. The summed E-state index contributed by atoms with van der Waals surface area (Å²) < 4.78 is 66.8. The lowest BCUT2D eigenvalue weighted by atomic mass is 9.83. The van der Waals surface area contributed by atoms with E-state index >= 15 is 8.78 Å². The van der Waals surface area contributed by atoms with Crippen molar-refractivity contribution in [2.45, 2.75) is 32.1 Å². The highest BCUT2D eigenvalue weighted by Gasteiger charge is 2.37. The second-order valence-electron chi connectivity index (χ2n) is 10.5. The van der Waals surface area contributed by atoms with Crippen molar-refractivity contribution in [3.63, 3.8) is 0 Å². The number of carboxylic acid groups (broad SMARTS) is 1. The van der Waals surface area contributed by atoms with Crippen LogP contribution in [0.25, 0.3) is 22.9 Å². The van der Waals surface area contributed by atoms with Crippen LogP contribution in [0, 0.1) is 23.3 Å². The van der Waals surface area contributed by atoms with Crippen LogP contribution in [0.4, 0.5) is 23.2 Å². The third-order valence-corrected chi connectivity index (χ3v) is 8.28. The van der Waals surface area contributed by atoms with Crippen LogP contribution in [-0.4, -0.2) is 24.2 Å². The number of benzene rings is 4. The molecule has 4 nitrogen and oxygen atoms in total. The molecular weight excluding hydrogens is 522 g/mol. The van der Waals surface area contributed by atoms with Crippen LogP contribution in [0.2, 0.25) is 0 Å². The molecule has 202 valence electrons. The molecule has 0 amide bonds. The average molecular weight is 546 g/mol. The molecule has 1 N–H and O–H groups in total. The number of nitrogens with zero attached hydrogens (tertiary/aromatic N) is 1. The molecule has 3 heterocycles. The van der Waals surface area contributed by atoms with Crippen molar-refractivity contribution in [1.29, 1.82) is 0 Å². The minimum absolute atomic E-state index is 0.0411. The molecule has 7 rings (SSSR count). The van der Waals surface area contributed by atoms with Crippen molar-refractivity contribution in [2.24, 2.45) is 0 Å². The number of carboxylic acids is 1. The van der Waals surface area contributed by atoms with Crippen molar-refractivity contribution in [2.75, 3.05) is 18.0 Å². The maximum Gasteiger partial charge on any atom is 0.339 e. The van der Waals surface area contributed by atoms with Crippen LogP contribution >= 0.6 is 0 Å². The van der Waals surface area contributed by atoms with E-state index in [2.05, 4.69) is 11.5 Å². The van der Waals surface area contributed by atoms with Crippen LogP contribution in [0.1, 0.15) is 51.9 Å². The number of rotatable bonds is 2. The van der Waals surface area contributed by atoms with E-state index in [1.54, 1.807) is 30.3 Å². The Morgan fingerprint density at radius 2 is 1.62 bits per heavy atom. The van der Waals surface area contributed by atoms with Gasteiger partial charge in [-0.2, -0.15) is 0 Å². The lowest BCUT2D eigenvalue weighted by molar-refractivity contribution is 0.0689. The SMILES string of the molecule is C=c1cc2c(c3ccccc13)=C(c1c(F)c(F)c(F)c(F)c1C(=O)O)c1cc3c4c(c1O2)CCCN4CCCC3. The van der Waals surface area contributed by atoms with Gasteiger partial charge in [-0.25, -0.2) is 22.4 Å². The molecule has 8 heteroatoms. The Labute approximate surface area is 226 Å². The first-order valence-electron chi connectivity index (χ1n) is 13.2. The number of aryl methyl sites for hydroxylation is 1. The number of aromatic carboxylic acids is 1. The normalized spacial score (nSPS) is 15.7. The number of hydrogen-bond donors (Lipinski definition) is 1. The summed E-state index contributed by atoms with van der Waals surface area (Å²) in [6.07, 6.45) is 4.14. The molecule has 4 aromatic carbocycles. The summed E-state index contributed by atoms with van der Waals surface area (Å²) in [7, 11) is 0. The van der Waals surface area contributed by atoms with E-state index in [1.165, 1.54) is 0 Å². The Morgan fingerprint density at radius 3 is 2.40 bits per heavy atom. The number of ether oxygens (including phenoxy) is 1. The minimum Gasteiger partial charge on any atom is -0.478 e. The predicted octanol–water partition coefficient (Wildman–Crippen LogP) is 5.95. The zero-order valence-corrected chi connectivity index (χ0v) is 21.3. The third-order valence-electron chi connectivity index (χ3n) is 8.28. The summed E-state index contributed by atoms with van der Waals surface area (Å²) in [6.45, 7) is 5.89. The number of carbonyl (C=O) groups is 1. The first-order valence-corrected chi connectivity index (χ1v) is 13.2. The van der Waals surface area contributed by atoms with Gasteiger partial charge in [-0.05, 0) is 65.8 Å². The topological polar surface area (TPSA) is 49.8 Å². The summed E-state index contributed by atoms with van der Waals surface area (Å²) in [6, 6.07) is 10.6. The van der Waals surface area contributed by atoms with Crippen molar-refractivity contribution in [1.82, 2.24) is 0 Å². The maximum absolute atomic E-state index is 15.8. The van der Waals surface area contributed by atoms with Crippen LogP contribution < -0.4 is 20.1 Å². The molecule has 0 aliphatic carbocycles. The molecule has 0 radical (unpaired) electrons. The molecule has 40 heavy (non-hydrogen) atoms. The Balaban J connectivity index is 1.74. The third kappa shape index (κ3) is 3.34. The van der Waals surface area contributed by atoms with E-state index in [0.29, 0.717) is 33.7 Å². The van der Waals surface area contributed by atoms with Gasteiger partial charge in [0, 0.05) is 46.3 Å². The van der Waals surface area contributed by atoms with Crippen molar-refractivity contribution >= 4 is 34.6 Å². The van der Waals surface area contributed by atoms with Gasteiger partial charge in [-0.3, -0.25) is 0 Å². The van der Waals surface area contributed by atoms with Crippen molar-refractivity contribution < 1.29 is 32.2 Å². The van der Waals surface area contributed by atoms with Gasteiger partial charge in [0.25, 0.3) is 0 Å². The van der Waals surface area contributed by atoms with E-state index in [1.807, 2.05) is 6.07 Å². The van der Waals surface area contributed by atoms with Crippen molar-refractivity contribution in [3.05, 3.63) is 97.9 Å². The number of hydrogen-bond acceptors (Lipinski definition) is 3. The van der Waals surface area contributed by atoms with E-state index in [-0.39, 0.29) is 16.5 Å². The summed E-state index contributed by atoms with van der Waals surface area (Å²) >= 11 is 0. The Bertz CT molecular complexity index is 1920. The molecule has 0 aromatic heterocycles. The quantitative estimate of drug-likeness (QED) is 0.169. The number of anilines is 1. The van der Waals surface area contributed by atoms with Crippen LogP contribution in [0.3, 0.4) is 0 Å². The molecule has 0 bridgehead atoms. The van der Waals surface area contributed by atoms with Crippen LogP contribution in [0.15, 0.2) is 36.4 Å². The van der Waals surface area contributed by atoms with E-state index in [0.717, 1.165) is 55.6 Å². The molecule has 0 unspecified atom stereocenters. The Hall–Kier alpha value is -4.33. The van der Waals surface area contributed by atoms with Gasteiger partial charge in [0.1, 0.15) is 17.1 Å². The smallest absolute Gasteiger partial charge is 0.339 e. The van der Waals surface area contributed by atoms with Gasteiger partial charge in [-0.15, -0.1) is 0 Å². The standard InChI is InChI=1S/C32H23F4NO3/c1-15-13-21-22(18-9-3-2-8-17(15)18)23(24-25(32(38)39)27(34)29(36)28(35)26(24)33)20-14-16-7-4-5-11-37-12-6-10-19(30(16)37)31(20)40-21/h2-3,8-9,13-14H,1,4-7,10-12H2,(H,38,39). The molecule has 3 aliphatic rings. The van der Waals surface area contributed by atoms with Crippen molar-refractivity contribution in [3.8, 4) is 11.5 Å². The van der Waals surface area contributed by atoms with Gasteiger partial charge >= 0.3 is 5.97 Å². The van der Waals surface area contributed by atoms with Crippen LogP contribution in [-0.2, 0) is 12.8 Å². The zero-order chi connectivity index (χ0) is 27.9. The first-order chi connectivity index (χ1) is 19.3. The molecular formula is C32H23F4NO3. The fourth-order valence-electron chi connectivity index (χ4n) is 6.62. The highest BCUT2D eigenvalue weighted by atomic mass is 19.2. The Kier molecular flexibility index (Phi) is 5.46. The largest absolute Gasteiger partial charge is 0.478 e. The highest BCUT2D eigenvalue weighted by molar-refractivity contribution is 6.02. The van der Waals surface area contributed by atoms with E-state index < -0.39 is 40.4 Å². The van der Waals surface area contributed by atoms with E-state index in [4.69, 9.17) is 4.74 Å². The Morgan fingerprint density at radius 1 is 0.900 bits per heavy atom. The van der Waals surface area contributed by atoms with Gasteiger partial charge < -0.3 is 14.7 Å². The second-order valence-corrected chi connectivity index (χ2v) is 10.5. The van der Waals surface area contributed by atoms with Gasteiger partial charge in [0.15, 0.2) is 23.3 Å². The lowest BCUT2D eigenvalue weighted by Gasteiger charge is -2.35. The van der Waals surface area contributed by atoms with Crippen LogP contribution in [0.5, 0.6) is 11.5 Å². The first kappa shape index (κ1) is 24.7. The zero-order valence-electron chi connectivity index (χ0n) is 21.3. The molecule has 0 fully saturated rings. The molecule has 0 saturated heterocycles. The highest BCUT2D eigenvalue weighted by Crippen LogP contribution is 2.48. The number of fused-ring (bicyclic) bond motifs is 5. The van der Waals surface area contributed by atoms with Gasteiger partial charge in [0.2, 0.25) is 0 Å². The predicted molar refractivity (Wildman–Crippen MR) is 144 cm³/mol. The fourth-order valence-corrected chi connectivity index (χ4v) is 6.62. The summed E-state index contributed by atoms with van der Waals surface area (Å²) in [5.41, 5.74) is 1.11. The molecule has 0 atom stereocenters. The summed E-state index contributed by atoms with van der Waals surface area (Å²) in [5, 5.41) is 12.1. The molecule has 4 aromatic rings. The van der Waals surface area contributed by atoms with Gasteiger partial charge in [-0.1, -0.05) is 30.8 Å². The summed E-state index contributed by atoms with van der Waals surface area (Å²) in [4.78, 5) is 14.7. The molecule has 0 saturated carbocycles. The second kappa shape index (κ2) is 8.84. The van der Waals surface area contributed by atoms with E-state index in [9.17, 15) is 18.7 Å². The minimum atomic E-state index is -2.17. The van der Waals surface area contributed by atoms with Gasteiger partial charge in [0.05, 0.1) is 0 Å². The molecule has 3 aliphatic heterocycles. The summed E-state index contributed by atoms with van der Waals surface area (Å²) in [5.74, 6) is -9.22. The monoisotopic (exact) mass is 545 g/mol.